The summed E-state index contributed by atoms with van der Waals surface area (Å²) >= 11 is 0. The first-order valence-corrected chi connectivity index (χ1v) is 11.7. The molecule has 0 aliphatic carbocycles. The molecule has 2 heterocycles. The van der Waals surface area contributed by atoms with Gasteiger partial charge in [0.1, 0.15) is 28.2 Å². The van der Waals surface area contributed by atoms with Crippen LogP contribution in [0.3, 0.4) is 0 Å². The number of benzene rings is 3. The molecule has 0 saturated heterocycles. The summed E-state index contributed by atoms with van der Waals surface area (Å²) in [6.45, 7) is -0.312. The standard InChI is InChI=1S/C25H17F2N3O3S/c26-19-10-4-1-7-15(19)14-30-21-12-6-3-9-17(21)23-24(34(30,31)32)22(18(13-28)25(29)33-23)16-8-2-5-11-20(16)27/h1-12,22H,14,29H2/t22-/m1/s1. The second kappa shape index (κ2) is 8.01. The minimum atomic E-state index is -4.42. The fraction of sp³-hybridized carbons (Fsp3) is 0.0800. The summed E-state index contributed by atoms with van der Waals surface area (Å²) in [5.41, 5.74) is 6.55. The van der Waals surface area contributed by atoms with E-state index in [-0.39, 0.29) is 45.5 Å². The lowest BCUT2D eigenvalue weighted by atomic mass is 9.88. The average Bonchev–Trinajstić information content (AvgIpc) is 2.82. The Morgan fingerprint density at radius 1 is 0.971 bits per heavy atom. The van der Waals surface area contributed by atoms with E-state index in [1.807, 2.05) is 6.07 Å². The average molecular weight is 477 g/mol. The van der Waals surface area contributed by atoms with E-state index < -0.39 is 27.6 Å². The molecule has 0 spiro atoms. The number of halogens is 2. The van der Waals surface area contributed by atoms with Crippen molar-refractivity contribution in [3.63, 3.8) is 0 Å². The van der Waals surface area contributed by atoms with E-state index in [0.29, 0.717) is 5.56 Å². The number of anilines is 1. The topological polar surface area (TPSA) is 96.4 Å². The third kappa shape index (κ3) is 3.23. The van der Waals surface area contributed by atoms with Crippen molar-refractivity contribution in [3.05, 3.63) is 117 Å². The van der Waals surface area contributed by atoms with E-state index in [9.17, 15) is 22.5 Å². The highest BCUT2D eigenvalue weighted by atomic mass is 32.2. The molecular formula is C25H17F2N3O3S. The molecular weight excluding hydrogens is 460 g/mol. The fourth-order valence-corrected chi connectivity index (χ4v) is 6.18. The van der Waals surface area contributed by atoms with Gasteiger partial charge in [-0.3, -0.25) is 4.31 Å². The monoisotopic (exact) mass is 477 g/mol. The summed E-state index contributed by atoms with van der Waals surface area (Å²) < 4.78 is 64.3. The lowest BCUT2D eigenvalue weighted by Gasteiger charge is -2.38. The predicted octanol–water partition coefficient (Wildman–Crippen LogP) is 4.49. The molecule has 0 fully saturated rings. The number of para-hydroxylation sites is 1. The van der Waals surface area contributed by atoms with Crippen LogP contribution in [0.1, 0.15) is 22.6 Å². The first-order chi connectivity index (χ1) is 16.3. The Bertz CT molecular complexity index is 1540. The summed E-state index contributed by atoms with van der Waals surface area (Å²) in [5.74, 6) is -2.98. The van der Waals surface area contributed by atoms with Crippen LogP contribution >= 0.6 is 0 Å². The van der Waals surface area contributed by atoms with Crippen LogP contribution in [0.4, 0.5) is 14.5 Å². The smallest absolute Gasteiger partial charge is 0.265 e. The highest BCUT2D eigenvalue weighted by Crippen LogP contribution is 2.51. The van der Waals surface area contributed by atoms with Gasteiger partial charge in [-0.2, -0.15) is 5.26 Å². The van der Waals surface area contributed by atoms with Crippen molar-refractivity contribution in [1.29, 1.82) is 5.26 Å². The second-order valence-electron chi connectivity index (χ2n) is 7.76. The van der Waals surface area contributed by atoms with Crippen LogP contribution in [0.5, 0.6) is 0 Å². The van der Waals surface area contributed by atoms with Crippen molar-refractivity contribution in [1.82, 2.24) is 0 Å². The van der Waals surface area contributed by atoms with Crippen molar-refractivity contribution in [3.8, 4) is 6.07 Å². The lowest BCUT2D eigenvalue weighted by Crippen LogP contribution is -2.39. The summed E-state index contributed by atoms with van der Waals surface area (Å²) in [4.78, 5) is -0.321. The number of nitrogens with zero attached hydrogens (tertiary/aromatic N) is 2. The first kappa shape index (κ1) is 21.7. The van der Waals surface area contributed by atoms with E-state index in [2.05, 4.69) is 0 Å². The molecule has 3 aromatic carbocycles. The molecule has 34 heavy (non-hydrogen) atoms. The van der Waals surface area contributed by atoms with Gasteiger partial charge in [0.25, 0.3) is 10.0 Å². The van der Waals surface area contributed by atoms with Gasteiger partial charge in [-0.1, -0.05) is 48.5 Å². The van der Waals surface area contributed by atoms with Crippen molar-refractivity contribution < 1.29 is 21.9 Å². The SMILES string of the molecule is N#CC1=C(N)OC2=C([C@@H]1c1ccccc1F)S(=O)(=O)N(Cc1ccccc1F)c1ccccc12. The largest absolute Gasteiger partial charge is 0.439 e. The molecule has 0 radical (unpaired) electrons. The number of nitriles is 1. The van der Waals surface area contributed by atoms with Gasteiger partial charge in [0, 0.05) is 16.7 Å². The maximum Gasteiger partial charge on any atom is 0.265 e. The molecule has 0 aromatic heterocycles. The number of allylic oxidation sites excluding steroid dienone is 2. The Kier molecular flexibility index (Phi) is 5.10. The molecule has 9 heteroatoms. The number of fused-ring (bicyclic) bond motifs is 2. The minimum absolute atomic E-state index is 0.0356. The molecule has 0 bridgehead atoms. The highest BCUT2D eigenvalue weighted by molar-refractivity contribution is 7.96. The Morgan fingerprint density at radius 2 is 1.62 bits per heavy atom. The predicted molar refractivity (Wildman–Crippen MR) is 122 cm³/mol. The Balaban J connectivity index is 1.79. The van der Waals surface area contributed by atoms with Gasteiger partial charge in [-0.15, -0.1) is 0 Å². The zero-order valence-electron chi connectivity index (χ0n) is 17.6. The zero-order valence-corrected chi connectivity index (χ0v) is 18.4. The highest BCUT2D eigenvalue weighted by Gasteiger charge is 2.47. The number of hydrogen-bond donors (Lipinski definition) is 1. The van der Waals surface area contributed by atoms with Gasteiger partial charge < -0.3 is 10.5 Å². The number of hydrogen-bond acceptors (Lipinski definition) is 5. The summed E-state index contributed by atoms with van der Waals surface area (Å²) in [5, 5.41) is 9.81. The maximum atomic E-state index is 14.9. The molecule has 0 saturated carbocycles. The van der Waals surface area contributed by atoms with Gasteiger partial charge in [0.15, 0.2) is 5.76 Å². The maximum absolute atomic E-state index is 14.9. The molecule has 170 valence electrons. The first-order valence-electron chi connectivity index (χ1n) is 10.3. The van der Waals surface area contributed by atoms with Crippen LogP contribution in [0.15, 0.2) is 89.2 Å². The molecule has 6 nitrogen and oxygen atoms in total. The van der Waals surface area contributed by atoms with Crippen LogP contribution in [0.25, 0.3) is 5.76 Å². The molecule has 2 N–H and O–H groups in total. The molecule has 0 unspecified atom stereocenters. The molecule has 1 atom stereocenters. The van der Waals surface area contributed by atoms with Gasteiger partial charge in [0.2, 0.25) is 5.88 Å². The normalized spacial score (nSPS) is 18.6. The van der Waals surface area contributed by atoms with Crippen LogP contribution in [-0.4, -0.2) is 8.42 Å². The molecule has 0 amide bonds. The number of nitrogens with two attached hydrogens (primary N) is 1. The second-order valence-corrected chi connectivity index (χ2v) is 9.59. The van der Waals surface area contributed by atoms with Gasteiger partial charge in [-0.25, -0.2) is 17.2 Å². The summed E-state index contributed by atoms with van der Waals surface area (Å²) in [7, 11) is -4.42. The number of sulfonamides is 1. The van der Waals surface area contributed by atoms with Crippen molar-refractivity contribution in [2.24, 2.45) is 5.73 Å². The molecule has 5 rings (SSSR count). The molecule has 2 aliphatic heterocycles. The van der Waals surface area contributed by atoms with Gasteiger partial charge in [-0.05, 0) is 24.3 Å². The fourth-order valence-electron chi connectivity index (χ4n) is 4.28. The third-order valence-corrected chi connectivity index (χ3v) is 7.73. The van der Waals surface area contributed by atoms with Crippen molar-refractivity contribution in [2.75, 3.05) is 4.31 Å². The van der Waals surface area contributed by atoms with Crippen LogP contribution < -0.4 is 10.0 Å². The molecule has 3 aromatic rings. The van der Waals surface area contributed by atoms with E-state index in [4.69, 9.17) is 10.5 Å². The van der Waals surface area contributed by atoms with E-state index in [0.717, 1.165) is 4.31 Å². The Hall–Kier alpha value is -4.16. The van der Waals surface area contributed by atoms with E-state index in [1.54, 1.807) is 36.4 Å². The minimum Gasteiger partial charge on any atom is -0.439 e. The van der Waals surface area contributed by atoms with E-state index in [1.165, 1.54) is 36.4 Å². The van der Waals surface area contributed by atoms with Crippen LogP contribution in [0, 0.1) is 23.0 Å². The Morgan fingerprint density at radius 3 is 2.32 bits per heavy atom. The quantitative estimate of drug-likeness (QED) is 0.600. The van der Waals surface area contributed by atoms with Gasteiger partial charge >= 0.3 is 0 Å². The lowest BCUT2D eigenvalue weighted by molar-refractivity contribution is 0.357. The van der Waals surface area contributed by atoms with Crippen molar-refractivity contribution >= 4 is 21.5 Å². The van der Waals surface area contributed by atoms with Crippen LogP contribution in [0.2, 0.25) is 0 Å². The van der Waals surface area contributed by atoms with Gasteiger partial charge in [0.05, 0.1) is 18.2 Å². The van der Waals surface area contributed by atoms with Crippen molar-refractivity contribution in [2.45, 2.75) is 12.5 Å². The number of ether oxygens (including phenoxy) is 1. The summed E-state index contributed by atoms with van der Waals surface area (Å²) in [6.07, 6.45) is 0. The van der Waals surface area contributed by atoms with Crippen LogP contribution in [-0.2, 0) is 21.3 Å². The number of rotatable bonds is 3. The zero-order chi connectivity index (χ0) is 24.0. The Labute approximate surface area is 194 Å². The summed E-state index contributed by atoms with van der Waals surface area (Å²) in [6, 6.07) is 19.8. The molecule has 2 aliphatic rings. The van der Waals surface area contributed by atoms with E-state index >= 15 is 0 Å². The third-order valence-electron chi connectivity index (χ3n) is 5.85.